The quantitative estimate of drug-likeness (QED) is 0.704. The lowest BCUT2D eigenvalue weighted by Gasteiger charge is -2.14. The Balaban J connectivity index is 2.22. The van der Waals surface area contributed by atoms with Gasteiger partial charge in [-0.3, -0.25) is 4.79 Å². The van der Waals surface area contributed by atoms with Gasteiger partial charge in [0.2, 0.25) is 10.0 Å². The Morgan fingerprint density at radius 1 is 0.963 bits per heavy atom. The zero-order chi connectivity index (χ0) is 20.0. The molecule has 146 valence electrons. The molecule has 0 aliphatic carbocycles. The van der Waals surface area contributed by atoms with Gasteiger partial charge < -0.3 is 19.5 Å². The molecule has 0 unspecified atom stereocenters. The fourth-order valence-electron chi connectivity index (χ4n) is 2.43. The van der Waals surface area contributed by atoms with E-state index in [-0.39, 0.29) is 17.0 Å². The Hall–Kier alpha value is -2.78. The summed E-state index contributed by atoms with van der Waals surface area (Å²) in [7, 11) is 2.23. The third kappa shape index (κ3) is 4.69. The highest BCUT2D eigenvalue weighted by Crippen LogP contribution is 2.34. The first kappa shape index (κ1) is 20.5. The van der Waals surface area contributed by atoms with Gasteiger partial charge in [0.1, 0.15) is 5.75 Å². The normalized spacial score (nSPS) is 11.0. The van der Waals surface area contributed by atoms with Gasteiger partial charge in [0.05, 0.1) is 26.2 Å². The van der Waals surface area contributed by atoms with Crippen LogP contribution in [0.25, 0.3) is 0 Å². The van der Waals surface area contributed by atoms with Crippen LogP contribution in [-0.2, 0) is 16.6 Å². The van der Waals surface area contributed by atoms with Crippen LogP contribution in [0, 0.1) is 0 Å². The molecule has 0 bridgehead atoms. The predicted molar refractivity (Wildman–Crippen MR) is 100.0 cm³/mol. The van der Waals surface area contributed by atoms with E-state index in [4.69, 9.17) is 14.2 Å². The Morgan fingerprint density at radius 2 is 1.59 bits per heavy atom. The van der Waals surface area contributed by atoms with Gasteiger partial charge >= 0.3 is 0 Å². The molecular formula is C18H22N2O6S. The second-order valence-corrected chi connectivity index (χ2v) is 7.32. The van der Waals surface area contributed by atoms with Gasteiger partial charge in [-0.25, -0.2) is 13.1 Å². The third-order valence-corrected chi connectivity index (χ3v) is 5.31. The summed E-state index contributed by atoms with van der Waals surface area (Å²) in [5.74, 6) is 1.12. The average Bonchev–Trinajstić information content (AvgIpc) is 2.71. The predicted octanol–water partition coefficient (Wildman–Crippen LogP) is 1.55. The SMILES string of the molecule is CNS(=O)(=O)c1cccc(C(=O)NCc2cc(OC)c(OC)cc2OC)c1. The maximum Gasteiger partial charge on any atom is 0.251 e. The molecule has 0 radical (unpaired) electrons. The number of carbonyl (C=O) groups is 1. The van der Waals surface area contributed by atoms with E-state index in [1.807, 2.05) is 0 Å². The molecule has 2 aromatic carbocycles. The molecular weight excluding hydrogens is 372 g/mol. The van der Waals surface area contributed by atoms with E-state index in [0.29, 0.717) is 22.8 Å². The number of hydrogen-bond donors (Lipinski definition) is 2. The van der Waals surface area contributed by atoms with Crippen molar-refractivity contribution in [3.05, 3.63) is 47.5 Å². The minimum Gasteiger partial charge on any atom is -0.496 e. The van der Waals surface area contributed by atoms with Crippen LogP contribution in [0.15, 0.2) is 41.3 Å². The lowest BCUT2D eigenvalue weighted by atomic mass is 10.1. The van der Waals surface area contributed by atoms with Crippen LogP contribution < -0.4 is 24.2 Å². The smallest absolute Gasteiger partial charge is 0.251 e. The van der Waals surface area contributed by atoms with E-state index < -0.39 is 15.9 Å². The maximum absolute atomic E-state index is 12.4. The first-order valence-corrected chi connectivity index (χ1v) is 9.45. The van der Waals surface area contributed by atoms with Crippen molar-refractivity contribution in [3.8, 4) is 17.2 Å². The molecule has 0 atom stereocenters. The van der Waals surface area contributed by atoms with Crippen molar-refractivity contribution in [2.75, 3.05) is 28.4 Å². The molecule has 0 aliphatic heterocycles. The third-order valence-electron chi connectivity index (χ3n) is 3.90. The Labute approximate surface area is 158 Å². The van der Waals surface area contributed by atoms with Gasteiger partial charge in [-0.1, -0.05) is 6.07 Å². The standard InChI is InChI=1S/C18H22N2O6S/c1-19-27(22,23)14-7-5-6-12(8-14)18(21)20-11-13-9-16(25-3)17(26-4)10-15(13)24-2/h5-10,19H,11H2,1-4H3,(H,20,21). The van der Waals surface area contributed by atoms with E-state index in [0.717, 1.165) is 0 Å². The fraction of sp³-hybridized carbons (Fsp3) is 0.278. The molecule has 2 rings (SSSR count). The summed E-state index contributed by atoms with van der Waals surface area (Å²) in [4.78, 5) is 12.5. The molecule has 0 aromatic heterocycles. The summed E-state index contributed by atoms with van der Waals surface area (Å²) in [6, 6.07) is 9.15. The van der Waals surface area contributed by atoms with Crippen LogP contribution in [0.3, 0.4) is 0 Å². The first-order chi connectivity index (χ1) is 12.9. The van der Waals surface area contributed by atoms with Crippen molar-refractivity contribution in [1.82, 2.24) is 10.0 Å². The van der Waals surface area contributed by atoms with Crippen LogP contribution in [-0.4, -0.2) is 42.7 Å². The zero-order valence-corrected chi connectivity index (χ0v) is 16.3. The van der Waals surface area contributed by atoms with E-state index in [2.05, 4.69) is 10.0 Å². The van der Waals surface area contributed by atoms with Gasteiger partial charge in [-0.05, 0) is 31.3 Å². The van der Waals surface area contributed by atoms with E-state index in [1.54, 1.807) is 12.1 Å². The van der Waals surface area contributed by atoms with E-state index in [1.165, 1.54) is 52.6 Å². The summed E-state index contributed by atoms with van der Waals surface area (Å²) >= 11 is 0. The molecule has 9 heteroatoms. The summed E-state index contributed by atoms with van der Waals surface area (Å²) in [6.07, 6.45) is 0. The number of sulfonamides is 1. The molecule has 0 saturated heterocycles. The van der Waals surface area contributed by atoms with Gasteiger partial charge in [0, 0.05) is 23.7 Å². The highest BCUT2D eigenvalue weighted by atomic mass is 32.2. The van der Waals surface area contributed by atoms with Crippen molar-refractivity contribution in [1.29, 1.82) is 0 Å². The number of rotatable bonds is 8. The summed E-state index contributed by atoms with van der Waals surface area (Å²) in [5.41, 5.74) is 0.910. The number of nitrogens with one attached hydrogen (secondary N) is 2. The second kappa shape index (κ2) is 8.74. The highest BCUT2D eigenvalue weighted by Gasteiger charge is 2.16. The lowest BCUT2D eigenvalue weighted by molar-refractivity contribution is 0.0950. The van der Waals surface area contributed by atoms with Gasteiger partial charge in [0.15, 0.2) is 11.5 Å². The van der Waals surface area contributed by atoms with Crippen molar-refractivity contribution in [2.24, 2.45) is 0 Å². The van der Waals surface area contributed by atoms with Crippen LogP contribution in [0.2, 0.25) is 0 Å². The van der Waals surface area contributed by atoms with Crippen LogP contribution in [0.5, 0.6) is 17.2 Å². The Morgan fingerprint density at radius 3 is 2.19 bits per heavy atom. The Kier molecular flexibility index (Phi) is 6.65. The Bertz CT molecular complexity index is 927. The molecule has 0 heterocycles. The highest BCUT2D eigenvalue weighted by molar-refractivity contribution is 7.89. The van der Waals surface area contributed by atoms with Crippen LogP contribution >= 0.6 is 0 Å². The van der Waals surface area contributed by atoms with Crippen molar-refractivity contribution < 1.29 is 27.4 Å². The monoisotopic (exact) mass is 394 g/mol. The fourth-order valence-corrected chi connectivity index (χ4v) is 3.21. The average molecular weight is 394 g/mol. The number of amides is 1. The van der Waals surface area contributed by atoms with Crippen molar-refractivity contribution in [3.63, 3.8) is 0 Å². The molecule has 0 fully saturated rings. The van der Waals surface area contributed by atoms with Gasteiger partial charge in [-0.2, -0.15) is 0 Å². The minimum absolute atomic E-state index is 0.0151. The van der Waals surface area contributed by atoms with Crippen molar-refractivity contribution in [2.45, 2.75) is 11.4 Å². The molecule has 0 aliphatic rings. The zero-order valence-electron chi connectivity index (χ0n) is 15.5. The summed E-state index contributed by atoms with van der Waals surface area (Å²) < 4.78 is 41.8. The van der Waals surface area contributed by atoms with E-state index in [9.17, 15) is 13.2 Å². The number of hydrogen-bond acceptors (Lipinski definition) is 6. The number of ether oxygens (including phenoxy) is 3. The summed E-state index contributed by atoms with van der Waals surface area (Å²) in [6.45, 7) is 0.158. The van der Waals surface area contributed by atoms with Gasteiger partial charge in [-0.15, -0.1) is 0 Å². The molecule has 2 N–H and O–H groups in total. The first-order valence-electron chi connectivity index (χ1n) is 7.97. The largest absolute Gasteiger partial charge is 0.496 e. The van der Waals surface area contributed by atoms with Crippen LogP contribution in [0.4, 0.5) is 0 Å². The lowest BCUT2D eigenvalue weighted by Crippen LogP contribution is -2.24. The van der Waals surface area contributed by atoms with Crippen LogP contribution in [0.1, 0.15) is 15.9 Å². The molecule has 2 aromatic rings. The summed E-state index contributed by atoms with van der Waals surface area (Å²) in [5, 5.41) is 2.74. The molecule has 27 heavy (non-hydrogen) atoms. The number of benzene rings is 2. The van der Waals surface area contributed by atoms with E-state index >= 15 is 0 Å². The maximum atomic E-state index is 12.4. The topological polar surface area (TPSA) is 103 Å². The molecule has 0 saturated carbocycles. The molecule has 1 amide bonds. The van der Waals surface area contributed by atoms with Gasteiger partial charge in [0.25, 0.3) is 5.91 Å². The molecule has 8 nitrogen and oxygen atoms in total. The minimum atomic E-state index is -3.63. The number of carbonyl (C=O) groups excluding carboxylic acids is 1. The number of methoxy groups -OCH3 is 3. The second-order valence-electron chi connectivity index (χ2n) is 5.44. The molecule has 0 spiro atoms. The van der Waals surface area contributed by atoms with Crippen molar-refractivity contribution >= 4 is 15.9 Å².